The Labute approximate surface area is 378 Å². The first-order valence-electron chi connectivity index (χ1n) is 22.9. The number of fused-ring (bicyclic) bond motifs is 11. The molecule has 1 N–H and O–H groups in total. The van der Waals surface area contributed by atoms with E-state index in [9.17, 15) is 0 Å². The third-order valence-electron chi connectivity index (χ3n) is 14.8. The molecule has 0 atom stereocenters. The van der Waals surface area contributed by atoms with Gasteiger partial charge in [0.05, 0.1) is 17.1 Å². The van der Waals surface area contributed by atoms with Gasteiger partial charge >= 0.3 is 0 Å². The van der Waals surface area contributed by atoms with Crippen LogP contribution in [0.1, 0.15) is 75.3 Å². The molecule has 2 aliphatic carbocycles. The maximum Gasteiger partial charge on any atom is 0.159 e. The van der Waals surface area contributed by atoms with Gasteiger partial charge in [-0.2, -0.15) is 0 Å². The highest BCUT2D eigenvalue weighted by Gasteiger charge is 2.41. The molecule has 4 nitrogen and oxygen atoms in total. The minimum Gasteiger partial charge on any atom is -0.454 e. The van der Waals surface area contributed by atoms with Gasteiger partial charge < -0.3 is 19.1 Å². The molecule has 0 unspecified atom stereocenters. The third kappa shape index (κ3) is 5.37. The van der Waals surface area contributed by atoms with E-state index in [0.29, 0.717) is 5.92 Å². The van der Waals surface area contributed by atoms with Crippen LogP contribution in [0.15, 0.2) is 179 Å². The Morgan fingerprint density at radius 2 is 1.02 bits per heavy atom. The van der Waals surface area contributed by atoms with E-state index in [-0.39, 0.29) is 10.8 Å². The zero-order valence-corrected chi connectivity index (χ0v) is 37.5. The summed E-state index contributed by atoms with van der Waals surface area (Å²) >= 11 is 0. The van der Waals surface area contributed by atoms with Crippen LogP contribution in [0.25, 0.3) is 76.9 Å². The number of nitrogens with zero attached hydrogens (tertiary/aromatic N) is 1. The van der Waals surface area contributed by atoms with Gasteiger partial charge in [-0.1, -0.05) is 145 Å². The Balaban J connectivity index is 0.959. The van der Waals surface area contributed by atoms with Crippen molar-refractivity contribution in [1.82, 2.24) is 0 Å². The number of anilines is 5. The molecule has 2 aromatic heterocycles. The Morgan fingerprint density at radius 3 is 1.74 bits per heavy atom. The van der Waals surface area contributed by atoms with E-state index in [1.165, 1.54) is 60.8 Å². The number of furan rings is 2. The quantitative estimate of drug-likeness (QED) is 0.181. The van der Waals surface area contributed by atoms with Crippen LogP contribution in [-0.2, 0) is 10.8 Å². The van der Waals surface area contributed by atoms with Gasteiger partial charge in [0.15, 0.2) is 11.2 Å². The van der Waals surface area contributed by atoms with E-state index in [4.69, 9.17) is 8.83 Å². The zero-order valence-electron chi connectivity index (χ0n) is 37.5. The second-order valence-electron chi connectivity index (χ2n) is 19.6. The highest BCUT2D eigenvalue weighted by atomic mass is 16.3. The molecule has 9 aromatic carbocycles. The van der Waals surface area contributed by atoms with Crippen molar-refractivity contribution in [3.63, 3.8) is 0 Å². The van der Waals surface area contributed by atoms with E-state index < -0.39 is 0 Å². The predicted octanol–water partition coefficient (Wildman–Crippen LogP) is 17.6. The van der Waals surface area contributed by atoms with Crippen LogP contribution in [0.3, 0.4) is 0 Å². The highest BCUT2D eigenvalue weighted by Crippen LogP contribution is 2.57. The number of nitrogens with one attached hydrogen (secondary N) is 1. The van der Waals surface area contributed by atoms with Crippen LogP contribution in [-0.4, -0.2) is 0 Å². The monoisotopic (exact) mass is 840 g/mol. The summed E-state index contributed by atoms with van der Waals surface area (Å²) in [7, 11) is 0. The fourth-order valence-corrected chi connectivity index (χ4v) is 11.4. The maximum absolute atomic E-state index is 6.75. The van der Waals surface area contributed by atoms with Gasteiger partial charge in [-0.15, -0.1) is 0 Å². The second kappa shape index (κ2) is 13.5. The summed E-state index contributed by atoms with van der Waals surface area (Å²) in [6, 6.07) is 62.2. The molecule has 0 radical (unpaired) electrons. The van der Waals surface area contributed by atoms with E-state index in [1.54, 1.807) is 0 Å². The second-order valence-corrected chi connectivity index (χ2v) is 19.6. The normalized spacial score (nSPS) is 14.4. The third-order valence-corrected chi connectivity index (χ3v) is 14.8. The summed E-state index contributed by atoms with van der Waals surface area (Å²) in [5.74, 6) is 0.432. The fourth-order valence-electron chi connectivity index (χ4n) is 11.4. The number of hydrogen-bond donors (Lipinski definition) is 1. The standard InChI is InChI=1S/C61H48N2O2/c1-35(2)36-24-27-38(28-25-36)63(54-21-13-17-44-41-15-8-10-23-56(41)65-59(44)54)53-31-30-42-47-34-50-46(33-51(47)60(3,4)48-19-11-18-45(53)57(42)48)39-29-26-37(32-49(39)61(50,5)6)62-52-20-12-16-43-40-14-7-9-22-55(40)64-58(43)52/h7-35,62H,1-6H3. The van der Waals surface area contributed by atoms with Crippen molar-refractivity contribution in [3.8, 4) is 22.3 Å². The molecular weight excluding hydrogens is 793 g/mol. The van der Waals surface area contributed by atoms with Crippen molar-refractivity contribution >= 4 is 83.1 Å². The van der Waals surface area contributed by atoms with Crippen molar-refractivity contribution in [2.45, 2.75) is 58.3 Å². The molecule has 0 aliphatic heterocycles. The zero-order chi connectivity index (χ0) is 43.9. The first kappa shape index (κ1) is 37.9. The van der Waals surface area contributed by atoms with E-state index >= 15 is 0 Å². The summed E-state index contributed by atoms with van der Waals surface area (Å²) < 4.78 is 13.1. The topological polar surface area (TPSA) is 41.5 Å². The molecule has 2 heterocycles. The summed E-state index contributed by atoms with van der Waals surface area (Å²) in [4.78, 5) is 2.42. The van der Waals surface area contributed by atoms with Gasteiger partial charge in [-0.25, -0.2) is 0 Å². The summed E-state index contributed by atoms with van der Waals surface area (Å²) in [6.07, 6.45) is 0. The lowest BCUT2D eigenvalue weighted by Gasteiger charge is -2.37. The predicted molar refractivity (Wildman–Crippen MR) is 272 cm³/mol. The number of benzene rings is 9. The van der Waals surface area contributed by atoms with Crippen LogP contribution in [0.2, 0.25) is 0 Å². The van der Waals surface area contributed by atoms with E-state index in [2.05, 4.69) is 203 Å². The van der Waals surface area contributed by atoms with Gasteiger partial charge in [-0.3, -0.25) is 0 Å². The number of hydrogen-bond acceptors (Lipinski definition) is 4. The SMILES string of the molecule is CC(C)c1ccc(N(c2ccc3c4c(cccc24)C(C)(C)c2cc4c(cc2-3)C(C)(C)c2cc(Nc3cccc5c3oc3ccccc35)ccc2-4)c2cccc3c2oc2ccccc23)cc1. The summed E-state index contributed by atoms with van der Waals surface area (Å²) in [6.45, 7) is 14.1. The molecule has 0 amide bonds. The van der Waals surface area contributed by atoms with E-state index in [0.717, 1.165) is 72.3 Å². The lowest BCUT2D eigenvalue weighted by molar-refractivity contribution is 0.639. The minimum atomic E-state index is -0.266. The molecule has 0 saturated heterocycles. The number of rotatable bonds is 6. The molecule has 0 spiro atoms. The van der Waals surface area contributed by atoms with Gasteiger partial charge in [0, 0.05) is 49.1 Å². The Bertz CT molecular complexity index is 3790. The Hall–Kier alpha value is -7.56. The van der Waals surface area contributed by atoms with Crippen molar-refractivity contribution in [3.05, 3.63) is 198 Å². The highest BCUT2D eigenvalue weighted by molar-refractivity contribution is 6.15. The van der Waals surface area contributed by atoms with Crippen molar-refractivity contribution in [2.75, 3.05) is 10.2 Å². The molecule has 11 aromatic rings. The molecule has 4 heteroatoms. The van der Waals surface area contributed by atoms with Gasteiger partial charge in [0.1, 0.15) is 11.2 Å². The first-order chi connectivity index (χ1) is 31.6. The van der Waals surface area contributed by atoms with Gasteiger partial charge in [0.25, 0.3) is 0 Å². The molecular formula is C61H48N2O2. The molecule has 65 heavy (non-hydrogen) atoms. The van der Waals surface area contributed by atoms with Crippen LogP contribution in [0.4, 0.5) is 28.4 Å². The molecule has 13 rings (SSSR count). The summed E-state index contributed by atoms with van der Waals surface area (Å²) in [5.41, 5.74) is 20.2. The van der Waals surface area contributed by atoms with Crippen LogP contribution < -0.4 is 10.2 Å². The maximum atomic E-state index is 6.75. The molecule has 0 saturated carbocycles. The molecule has 0 bridgehead atoms. The molecule has 2 aliphatic rings. The largest absolute Gasteiger partial charge is 0.454 e. The summed E-state index contributed by atoms with van der Waals surface area (Å²) in [5, 5.41) is 10.8. The molecule has 0 fully saturated rings. The fraction of sp³-hybridized carbons (Fsp3) is 0.148. The minimum absolute atomic E-state index is 0.229. The van der Waals surface area contributed by atoms with E-state index in [1.807, 2.05) is 18.2 Å². The average Bonchev–Trinajstić information content (AvgIpc) is 3.97. The molecule has 314 valence electrons. The lowest BCUT2D eigenvalue weighted by Crippen LogP contribution is -2.25. The van der Waals surface area contributed by atoms with Crippen LogP contribution in [0, 0.1) is 0 Å². The van der Waals surface area contributed by atoms with Gasteiger partial charge in [-0.05, 0) is 128 Å². The lowest BCUT2D eigenvalue weighted by atomic mass is 9.67. The van der Waals surface area contributed by atoms with Crippen LogP contribution >= 0.6 is 0 Å². The van der Waals surface area contributed by atoms with Crippen molar-refractivity contribution in [1.29, 1.82) is 0 Å². The Kier molecular flexibility index (Phi) is 7.87. The smallest absolute Gasteiger partial charge is 0.159 e. The number of para-hydroxylation sites is 4. The van der Waals surface area contributed by atoms with Crippen molar-refractivity contribution < 1.29 is 8.83 Å². The first-order valence-corrected chi connectivity index (χ1v) is 22.9. The van der Waals surface area contributed by atoms with Crippen LogP contribution in [0.5, 0.6) is 0 Å². The van der Waals surface area contributed by atoms with Gasteiger partial charge in [0.2, 0.25) is 0 Å². The van der Waals surface area contributed by atoms with Crippen molar-refractivity contribution in [2.24, 2.45) is 0 Å². The average molecular weight is 841 g/mol. The Morgan fingerprint density at radius 1 is 0.446 bits per heavy atom.